The number of nitrogens with one attached hydrogen (secondary N) is 1. The second-order valence-electron chi connectivity index (χ2n) is 6.02. The van der Waals surface area contributed by atoms with Gasteiger partial charge in [-0.2, -0.15) is 0 Å². The fraction of sp³-hybridized carbons (Fsp3) is 0.846. The monoisotopic (exact) mass is 241 g/mol. The average Bonchev–Trinajstić information content (AvgIpc) is 2.10. The minimum Gasteiger partial charge on any atom is -0.444 e. The highest BCUT2D eigenvalue weighted by molar-refractivity contribution is 5.85. The summed E-state index contributed by atoms with van der Waals surface area (Å²) in [7, 11) is 0. The molecular formula is C13H23NO3. The summed E-state index contributed by atoms with van der Waals surface area (Å²) in [6, 6.07) is 0. The second kappa shape index (κ2) is 5.07. The van der Waals surface area contributed by atoms with Crippen LogP contribution in [0.25, 0.3) is 0 Å². The first kappa shape index (κ1) is 14.0. The van der Waals surface area contributed by atoms with E-state index in [0.29, 0.717) is 13.0 Å². The fourth-order valence-corrected chi connectivity index (χ4v) is 1.88. The summed E-state index contributed by atoms with van der Waals surface area (Å²) in [4.78, 5) is 23.2. The first-order chi connectivity index (χ1) is 7.73. The van der Waals surface area contributed by atoms with Gasteiger partial charge in [0.25, 0.3) is 0 Å². The van der Waals surface area contributed by atoms with E-state index in [9.17, 15) is 9.59 Å². The number of carbonyl (C=O) groups is 2. The Hall–Kier alpha value is -1.06. The van der Waals surface area contributed by atoms with Gasteiger partial charge in [0.1, 0.15) is 11.4 Å². The number of Topliss-reactive ketones (excluding diaryl/α,β-unsaturated/α-hetero) is 1. The van der Waals surface area contributed by atoms with Crippen molar-refractivity contribution in [3.8, 4) is 0 Å². The van der Waals surface area contributed by atoms with Crippen LogP contribution >= 0.6 is 0 Å². The lowest BCUT2D eigenvalue weighted by atomic mass is 9.67. The molecule has 1 aliphatic carbocycles. The molecule has 0 bridgehead atoms. The summed E-state index contributed by atoms with van der Waals surface area (Å²) < 4.78 is 5.08. The molecule has 1 N–H and O–H groups in total. The van der Waals surface area contributed by atoms with Crippen molar-refractivity contribution in [1.29, 1.82) is 0 Å². The Labute approximate surface area is 103 Å². The Balaban J connectivity index is 2.19. The van der Waals surface area contributed by atoms with E-state index in [4.69, 9.17) is 4.74 Å². The number of hydrogen-bond acceptors (Lipinski definition) is 3. The molecule has 4 nitrogen and oxygen atoms in total. The van der Waals surface area contributed by atoms with E-state index in [2.05, 4.69) is 5.32 Å². The third kappa shape index (κ3) is 4.36. The van der Waals surface area contributed by atoms with Crippen LogP contribution in [0.1, 0.15) is 53.4 Å². The van der Waals surface area contributed by atoms with Crippen molar-refractivity contribution in [1.82, 2.24) is 5.32 Å². The lowest BCUT2D eigenvalue weighted by Gasteiger charge is -2.36. The van der Waals surface area contributed by atoms with Gasteiger partial charge in [-0.05, 0) is 33.6 Å². The highest BCUT2D eigenvalue weighted by Crippen LogP contribution is 2.41. The predicted octanol–water partition coefficient (Wildman–Crippen LogP) is 2.66. The molecule has 1 amide bonds. The van der Waals surface area contributed by atoms with Gasteiger partial charge in [-0.1, -0.05) is 13.3 Å². The molecule has 0 aromatic carbocycles. The zero-order valence-corrected chi connectivity index (χ0v) is 11.3. The van der Waals surface area contributed by atoms with Crippen molar-refractivity contribution in [2.24, 2.45) is 5.41 Å². The summed E-state index contributed by atoms with van der Waals surface area (Å²) >= 11 is 0. The summed E-state index contributed by atoms with van der Waals surface area (Å²) in [5.41, 5.74) is -0.621. The maximum Gasteiger partial charge on any atom is 0.407 e. The smallest absolute Gasteiger partial charge is 0.407 e. The van der Waals surface area contributed by atoms with Crippen LogP contribution in [-0.2, 0) is 9.53 Å². The zero-order chi connectivity index (χ0) is 13.1. The van der Waals surface area contributed by atoms with Crippen molar-refractivity contribution < 1.29 is 14.3 Å². The molecule has 1 aliphatic rings. The molecule has 1 saturated carbocycles. The maximum atomic E-state index is 11.8. The van der Waals surface area contributed by atoms with Crippen molar-refractivity contribution >= 4 is 11.9 Å². The Bertz CT molecular complexity index is 300. The molecule has 0 unspecified atom stereocenters. The molecule has 0 aromatic rings. The number of alkyl carbamates (subject to hydrolysis) is 1. The maximum absolute atomic E-state index is 11.8. The normalized spacial score (nSPS) is 18.1. The van der Waals surface area contributed by atoms with Crippen LogP contribution < -0.4 is 5.32 Å². The van der Waals surface area contributed by atoms with E-state index in [1.807, 2.05) is 27.7 Å². The van der Waals surface area contributed by atoms with E-state index in [1.54, 1.807) is 0 Å². The molecular weight excluding hydrogens is 218 g/mol. The van der Waals surface area contributed by atoms with Crippen molar-refractivity contribution in [3.05, 3.63) is 0 Å². The first-order valence-corrected chi connectivity index (χ1v) is 6.23. The number of amides is 1. The molecule has 17 heavy (non-hydrogen) atoms. The van der Waals surface area contributed by atoms with Crippen LogP contribution in [0.5, 0.6) is 0 Å². The second-order valence-corrected chi connectivity index (χ2v) is 6.02. The van der Waals surface area contributed by atoms with E-state index in [-0.39, 0.29) is 11.2 Å². The molecule has 0 aliphatic heterocycles. The number of ketones is 1. The van der Waals surface area contributed by atoms with Gasteiger partial charge < -0.3 is 10.1 Å². The average molecular weight is 241 g/mol. The van der Waals surface area contributed by atoms with Gasteiger partial charge >= 0.3 is 6.09 Å². The van der Waals surface area contributed by atoms with Gasteiger partial charge in [-0.25, -0.2) is 4.79 Å². The Morgan fingerprint density at radius 1 is 1.29 bits per heavy atom. The molecule has 0 aromatic heterocycles. The molecule has 0 spiro atoms. The lowest BCUT2D eigenvalue weighted by molar-refractivity contribution is -0.132. The van der Waals surface area contributed by atoms with E-state index >= 15 is 0 Å². The third-order valence-corrected chi connectivity index (χ3v) is 3.15. The van der Waals surface area contributed by atoms with Crippen LogP contribution in [-0.4, -0.2) is 24.0 Å². The summed E-state index contributed by atoms with van der Waals surface area (Å²) in [5, 5.41) is 2.61. The van der Waals surface area contributed by atoms with Crippen LogP contribution in [0.2, 0.25) is 0 Å². The van der Waals surface area contributed by atoms with Crippen molar-refractivity contribution in [2.45, 2.75) is 59.0 Å². The Kier molecular flexibility index (Phi) is 4.17. The third-order valence-electron chi connectivity index (χ3n) is 3.15. The van der Waals surface area contributed by atoms with E-state index in [1.165, 1.54) is 0 Å². The Morgan fingerprint density at radius 2 is 1.88 bits per heavy atom. The standard InChI is InChI=1S/C13H23NO3/c1-12(2,3)17-11(16)14-9-6-10(15)13(4)7-5-8-13/h5-9H2,1-4H3,(H,14,16). The summed E-state index contributed by atoms with van der Waals surface area (Å²) in [6.45, 7) is 7.81. The topological polar surface area (TPSA) is 55.4 Å². The van der Waals surface area contributed by atoms with Crippen LogP contribution in [0.4, 0.5) is 4.79 Å². The van der Waals surface area contributed by atoms with Gasteiger partial charge in [0.05, 0.1) is 0 Å². The molecule has 0 heterocycles. The van der Waals surface area contributed by atoms with Gasteiger partial charge in [-0.15, -0.1) is 0 Å². The van der Waals surface area contributed by atoms with Gasteiger partial charge in [0.15, 0.2) is 0 Å². The first-order valence-electron chi connectivity index (χ1n) is 6.23. The van der Waals surface area contributed by atoms with E-state index < -0.39 is 11.7 Å². The molecule has 0 saturated heterocycles. The van der Waals surface area contributed by atoms with E-state index in [0.717, 1.165) is 19.3 Å². The number of ether oxygens (including phenoxy) is 1. The molecule has 4 heteroatoms. The minimum absolute atomic E-state index is 0.129. The highest BCUT2D eigenvalue weighted by Gasteiger charge is 2.38. The zero-order valence-electron chi connectivity index (χ0n) is 11.3. The highest BCUT2D eigenvalue weighted by atomic mass is 16.6. The van der Waals surface area contributed by atoms with Crippen molar-refractivity contribution in [2.75, 3.05) is 6.54 Å². The van der Waals surface area contributed by atoms with Crippen LogP contribution in [0.15, 0.2) is 0 Å². The molecule has 0 radical (unpaired) electrons. The minimum atomic E-state index is -0.492. The summed E-state index contributed by atoms with van der Waals surface area (Å²) in [5.74, 6) is 0.250. The largest absolute Gasteiger partial charge is 0.444 e. The fourth-order valence-electron chi connectivity index (χ4n) is 1.88. The Morgan fingerprint density at radius 3 is 2.29 bits per heavy atom. The van der Waals surface area contributed by atoms with Crippen LogP contribution in [0.3, 0.4) is 0 Å². The molecule has 98 valence electrons. The predicted molar refractivity (Wildman–Crippen MR) is 65.8 cm³/mol. The van der Waals surface area contributed by atoms with Crippen molar-refractivity contribution in [3.63, 3.8) is 0 Å². The molecule has 1 rings (SSSR count). The number of carbonyl (C=O) groups excluding carboxylic acids is 2. The number of hydrogen-bond donors (Lipinski definition) is 1. The number of rotatable bonds is 4. The van der Waals surface area contributed by atoms with Gasteiger partial charge in [0, 0.05) is 18.4 Å². The lowest BCUT2D eigenvalue weighted by Crippen LogP contribution is -2.38. The molecule has 1 fully saturated rings. The SMILES string of the molecule is CC(C)(C)OC(=O)NCCC(=O)C1(C)CCC1. The quantitative estimate of drug-likeness (QED) is 0.823. The van der Waals surface area contributed by atoms with Crippen LogP contribution in [0, 0.1) is 5.41 Å². The van der Waals surface area contributed by atoms with Gasteiger partial charge in [0.2, 0.25) is 0 Å². The summed E-state index contributed by atoms with van der Waals surface area (Å²) in [6.07, 6.45) is 3.05. The van der Waals surface area contributed by atoms with Gasteiger partial charge in [-0.3, -0.25) is 4.79 Å². The molecule has 0 atom stereocenters.